The third-order valence-corrected chi connectivity index (χ3v) is 3.65. The molecule has 2 heterocycles. The van der Waals surface area contributed by atoms with Crippen molar-refractivity contribution in [1.82, 2.24) is 10.2 Å². The highest BCUT2D eigenvalue weighted by Gasteiger charge is 2.11. The molecule has 1 aliphatic heterocycles. The zero-order valence-electron chi connectivity index (χ0n) is 9.42. The smallest absolute Gasteiger partial charge is 0.0328 e. The third-order valence-electron chi connectivity index (χ3n) is 2.79. The summed E-state index contributed by atoms with van der Waals surface area (Å²) in [6.07, 6.45) is 0. The van der Waals surface area contributed by atoms with Crippen LogP contribution in [-0.4, -0.2) is 31.6 Å². The Morgan fingerprint density at radius 1 is 1.53 bits per heavy atom. The zero-order valence-corrected chi connectivity index (χ0v) is 10.2. The quantitative estimate of drug-likeness (QED) is 0.785. The molecule has 0 aliphatic carbocycles. The van der Waals surface area contributed by atoms with Gasteiger partial charge < -0.3 is 5.32 Å². The van der Waals surface area contributed by atoms with Crippen molar-refractivity contribution in [3.63, 3.8) is 0 Å². The van der Waals surface area contributed by atoms with Crippen molar-refractivity contribution in [2.24, 2.45) is 0 Å². The van der Waals surface area contributed by atoms with Crippen LogP contribution in [-0.2, 0) is 6.54 Å². The van der Waals surface area contributed by atoms with Crippen molar-refractivity contribution in [1.29, 1.82) is 0 Å². The molecule has 1 fully saturated rings. The summed E-state index contributed by atoms with van der Waals surface area (Å²) in [5.74, 6) is 0. The summed E-state index contributed by atoms with van der Waals surface area (Å²) in [4.78, 5) is 3.83. The Labute approximate surface area is 95.6 Å². The molecule has 0 atom stereocenters. The van der Waals surface area contributed by atoms with Crippen LogP contribution in [0.3, 0.4) is 0 Å². The molecular formula is C12H18N2S. The highest BCUT2D eigenvalue weighted by molar-refractivity contribution is 7.09. The average Bonchev–Trinajstić information content (AvgIpc) is 2.52. The van der Waals surface area contributed by atoms with Gasteiger partial charge in [-0.1, -0.05) is 11.6 Å². The molecule has 0 bridgehead atoms. The van der Waals surface area contributed by atoms with Gasteiger partial charge in [0.15, 0.2) is 0 Å². The largest absolute Gasteiger partial charge is 0.309 e. The minimum Gasteiger partial charge on any atom is -0.309 e. The lowest BCUT2D eigenvalue weighted by molar-refractivity contribution is 0.355. The molecule has 1 aromatic rings. The maximum Gasteiger partial charge on any atom is 0.0328 e. The third kappa shape index (κ3) is 2.91. The Balaban J connectivity index is 1.84. The van der Waals surface area contributed by atoms with Crippen LogP contribution >= 0.6 is 11.3 Å². The number of rotatable bonds is 4. The van der Waals surface area contributed by atoms with Gasteiger partial charge in [0.25, 0.3) is 0 Å². The van der Waals surface area contributed by atoms with Gasteiger partial charge in [-0.25, -0.2) is 0 Å². The van der Waals surface area contributed by atoms with Crippen LogP contribution in [0.15, 0.2) is 28.7 Å². The molecular weight excluding hydrogens is 204 g/mol. The SMILES string of the molecule is CC(CN(C)Cc1cccs1)=C1CNC1. The summed E-state index contributed by atoms with van der Waals surface area (Å²) < 4.78 is 0. The van der Waals surface area contributed by atoms with E-state index in [1.165, 1.54) is 10.5 Å². The molecule has 3 heteroatoms. The Hall–Kier alpha value is -0.640. The molecule has 1 saturated heterocycles. The zero-order chi connectivity index (χ0) is 10.7. The Morgan fingerprint density at radius 2 is 2.33 bits per heavy atom. The molecule has 0 saturated carbocycles. The second-order valence-electron chi connectivity index (χ2n) is 4.24. The van der Waals surface area contributed by atoms with E-state index in [1.54, 1.807) is 5.57 Å². The fourth-order valence-corrected chi connectivity index (χ4v) is 2.58. The van der Waals surface area contributed by atoms with E-state index in [0.29, 0.717) is 0 Å². The van der Waals surface area contributed by atoms with Gasteiger partial charge in [-0.05, 0) is 31.0 Å². The first-order valence-electron chi connectivity index (χ1n) is 5.35. The van der Waals surface area contributed by atoms with Gasteiger partial charge in [-0.3, -0.25) is 4.90 Å². The topological polar surface area (TPSA) is 15.3 Å². The summed E-state index contributed by atoms with van der Waals surface area (Å²) in [5, 5.41) is 5.43. The van der Waals surface area contributed by atoms with Crippen LogP contribution in [0.4, 0.5) is 0 Å². The normalized spacial score (nSPS) is 15.5. The summed E-state index contributed by atoms with van der Waals surface area (Å²) in [7, 11) is 2.19. The molecule has 0 aromatic carbocycles. The summed E-state index contributed by atoms with van der Waals surface area (Å²) >= 11 is 1.84. The highest BCUT2D eigenvalue weighted by Crippen LogP contribution is 2.14. The molecule has 82 valence electrons. The van der Waals surface area contributed by atoms with Crippen molar-refractivity contribution in [3.8, 4) is 0 Å². The molecule has 0 amide bonds. The van der Waals surface area contributed by atoms with Crippen molar-refractivity contribution in [2.75, 3.05) is 26.7 Å². The fourth-order valence-electron chi connectivity index (χ4n) is 1.79. The molecule has 1 aliphatic rings. The van der Waals surface area contributed by atoms with Crippen molar-refractivity contribution in [3.05, 3.63) is 33.5 Å². The lowest BCUT2D eigenvalue weighted by Gasteiger charge is -2.24. The van der Waals surface area contributed by atoms with E-state index in [0.717, 1.165) is 26.2 Å². The Kier molecular flexibility index (Phi) is 3.57. The number of hydrogen-bond donors (Lipinski definition) is 1. The van der Waals surface area contributed by atoms with Gasteiger partial charge in [0.05, 0.1) is 0 Å². The number of hydrogen-bond acceptors (Lipinski definition) is 3. The van der Waals surface area contributed by atoms with E-state index in [2.05, 4.69) is 41.7 Å². The van der Waals surface area contributed by atoms with Gasteiger partial charge in [-0.2, -0.15) is 0 Å². The predicted octanol–water partition coefficient (Wildman–Crippen LogP) is 2.10. The molecule has 15 heavy (non-hydrogen) atoms. The monoisotopic (exact) mass is 222 g/mol. The Morgan fingerprint density at radius 3 is 2.87 bits per heavy atom. The molecule has 1 N–H and O–H groups in total. The highest BCUT2D eigenvalue weighted by atomic mass is 32.1. The van der Waals surface area contributed by atoms with E-state index in [9.17, 15) is 0 Å². The lowest BCUT2D eigenvalue weighted by atomic mass is 10.0. The van der Waals surface area contributed by atoms with E-state index >= 15 is 0 Å². The van der Waals surface area contributed by atoms with Crippen LogP contribution in [0, 0.1) is 0 Å². The van der Waals surface area contributed by atoms with Crippen LogP contribution in [0.5, 0.6) is 0 Å². The first-order valence-corrected chi connectivity index (χ1v) is 6.23. The van der Waals surface area contributed by atoms with E-state index in [4.69, 9.17) is 0 Å². The molecule has 0 radical (unpaired) electrons. The molecule has 1 aromatic heterocycles. The van der Waals surface area contributed by atoms with Gasteiger partial charge in [0.1, 0.15) is 0 Å². The van der Waals surface area contributed by atoms with Crippen LogP contribution < -0.4 is 5.32 Å². The molecule has 2 nitrogen and oxygen atoms in total. The average molecular weight is 222 g/mol. The fraction of sp³-hybridized carbons (Fsp3) is 0.500. The van der Waals surface area contributed by atoms with Gasteiger partial charge in [0.2, 0.25) is 0 Å². The molecule has 2 rings (SSSR count). The number of likely N-dealkylation sites (N-methyl/N-ethyl adjacent to an activating group) is 1. The van der Waals surface area contributed by atoms with Crippen molar-refractivity contribution >= 4 is 11.3 Å². The van der Waals surface area contributed by atoms with Crippen molar-refractivity contribution in [2.45, 2.75) is 13.5 Å². The lowest BCUT2D eigenvalue weighted by Crippen LogP contribution is -2.36. The second kappa shape index (κ2) is 4.92. The van der Waals surface area contributed by atoms with E-state index in [-0.39, 0.29) is 0 Å². The summed E-state index contributed by atoms with van der Waals surface area (Å²) in [6.45, 7) is 6.60. The maximum absolute atomic E-state index is 3.29. The van der Waals surface area contributed by atoms with E-state index in [1.807, 2.05) is 11.3 Å². The summed E-state index contributed by atoms with van der Waals surface area (Å²) in [5.41, 5.74) is 3.13. The van der Waals surface area contributed by atoms with Crippen molar-refractivity contribution < 1.29 is 0 Å². The van der Waals surface area contributed by atoms with Gasteiger partial charge in [0, 0.05) is 31.1 Å². The predicted molar refractivity (Wildman–Crippen MR) is 66.2 cm³/mol. The Bertz CT molecular complexity index is 335. The standard InChI is InChI=1S/C12H18N2S/c1-10(11-6-13-7-11)8-14(2)9-12-4-3-5-15-12/h3-5,13H,6-9H2,1-2H3. The van der Waals surface area contributed by atoms with Crippen LogP contribution in [0.25, 0.3) is 0 Å². The van der Waals surface area contributed by atoms with Gasteiger partial charge in [-0.15, -0.1) is 11.3 Å². The minimum absolute atomic E-state index is 1.07. The minimum atomic E-state index is 1.07. The molecule has 0 unspecified atom stereocenters. The second-order valence-corrected chi connectivity index (χ2v) is 5.27. The van der Waals surface area contributed by atoms with Crippen LogP contribution in [0.2, 0.25) is 0 Å². The number of thiophene rings is 1. The van der Waals surface area contributed by atoms with Gasteiger partial charge >= 0.3 is 0 Å². The molecule has 0 spiro atoms. The van der Waals surface area contributed by atoms with E-state index < -0.39 is 0 Å². The number of nitrogens with zero attached hydrogens (tertiary/aromatic N) is 1. The summed E-state index contributed by atoms with van der Waals surface area (Å²) in [6, 6.07) is 4.32. The maximum atomic E-state index is 3.29. The van der Waals surface area contributed by atoms with Crippen LogP contribution in [0.1, 0.15) is 11.8 Å². The first-order chi connectivity index (χ1) is 7.25. The number of nitrogens with one attached hydrogen (secondary N) is 1. The first kappa shape index (κ1) is 10.9.